The predicted octanol–water partition coefficient (Wildman–Crippen LogP) is 2.55. The van der Waals surface area contributed by atoms with Crippen LogP contribution < -0.4 is 51.4 Å². The summed E-state index contributed by atoms with van der Waals surface area (Å²) in [7, 11) is -4.01. The van der Waals surface area contributed by atoms with Gasteiger partial charge in [-0.25, -0.2) is 8.42 Å². The summed E-state index contributed by atoms with van der Waals surface area (Å²) in [6.45, 7) is 0.342. The molecule has 0 spiro atoms. The molecular weight excluding hydrogens is 375 g/mol. The van der Waals surface area contributed by atoms with E-state index in [4.69, 9.17) is 5.11 Å². The summed E-state index contributed by atoms with van der Waals surface area (Å²) in [5, 5.41) is 8.70. The van der Waals surface area contributed by atoms with E-state index in [1.807, 2.05) is 0 Å². The molecule has 0 saturated heterocycles. The summed E-state index contributed by atoms with van der Waals surface area (Å²) in [6, 6.07) is 0. The molecule has 0 fully saturated rings. The van der Waals surface area contributed by atoms with Gasteiger partial charge >= 0.3 is 51.4 Å². The van der Waals surface area contributed by atoms with E-state index < -0.39 is 10.1 Å². The maximum Gasteiger partial charge on any atom is 1.00 e. The Morgan fingerprint density at radius 2 is 0.731 bits per heavy atom. The van der Waals surface area contributed by atoms with Crippen molar-refractivity contribution < 1.29 is 69.5 Å². The summed E-state index contributed by atoms with van der Waals surface area (Å²) in [4.78, 5) is 0. The van der Waals surface area contributed by atoms with Gasteiger partial charge in [0.25, 0.3) is 0 Å². The second-order valence-corrected chi connectivity index (χ2v) is 8.87. The van der Waals surface area contributed by atoms with Gasteiger partial charge in [0, 0.05) is 12.4 Å². The van der Waals surface area contributed by atoms with Gasteiger partial charge < -0.3 is 9.66 Å². The summed E-state index contributed by atoms with van der Waals surface area (Å²) in [5.41, 5.74) is 0. The SMILES string of the molecule is O=S(=O)([O-])CCCCCCCCCCCCCCCCCCCCO.[K+]. The Morgan fingerprint density at radius 1 is 0.500 bits per heavy atom. The molecule has 0 unspecified atom stereocenters. The monoisotopic (exact) mass is 416 g/mol. The van der Waals surface area contributed by atoms with E-state index in [2.05, 4.69) is 0 Å². The van der Waals surface area contributed by atoms with Crippen LogP contribution >= 0.6 is 0 Å². The molecule has 0 rings (SSSR count). The van der Waals surface area contributed by atoms with E-state index in [0.717, 1.165) is 25.7 Å². The van der Waals surface area contributed by atoms with Gasteiger partial charge in [-0.2, -0.15) is 0 Å². The summed E-state index contributed by atoms with van der Waals surface area (Å²) in [5.74, 6) is -0.198. The van der Waals surface area contributed by atoms with Gasteiger partial charge in [-0.3, -0.25) is 0 Å². The maximum atomic E-state index is 10.5. The van der Waals surface area contributed by atoms with Crippen molar-refractivity contribution in [3.8, 4) is 0 Å². The molecule has 0 aromatic rings. The standard InChI is InChI=1S/C20H42O4S.K/c21-19-17-15-13-11-9-7-5-3-1-2-4-6-8-10-12-14-16-18-20-25(22,23)24;/h21H,1-20H2,(H,22,23,24);/q;+1/p-1. The van der Waals surface area contributed by atoms with E-state index >= 15 is 0 Å². The smallest absolute Gasteiger partial charge is 0.748 e. The van der Waals surface area contributed by atoms with Crippen LogP contribution in [0, 0.1) is 0 Å². The Labute approximate surface area is 205 Å². The fourth-order valence-electron chi connectivity index (χ4n) is 3.22. The van der Waals surface area contributed by atoms with Crippen molar-refractivity contribution in [1.82, 2.24) is 0 Å². The summed E-state index contributed by atoms with van der Waals surface area (Å²) < 4.78 is 31.4. The predicted molar refractivity (Wildman–Crippen MR) is 105 cm³/mol. The number of hydrogen-bond donors (Lipinski definition) is 1. The van der Waals surface area contributed by atoms with Gasteiger partial charge in [-0.1, -0.05) is 103 Å². The van der Waals surface area contributed by atoms with E-state index in [1.165, 1.54) is 83.5 Å². The number of aliphatic hydroxyl groups excluding tert-OH is 1. The molecule has 6 heteroatoms. The Hall–Kier alpha value is 1.51. The minimum absolute atomic E-state index is 0. The molecule has 0 aliphatic heterocycles. The zero-order chi connectivity index (χ0) is 18.6. The van der Waals surface area contributed by atoms with E-state index in [1.54, 1.807) is 0 Å². The topological polar surface area (TPSA) is 77.4 Å². The fraction of sp³-hybridized carbons (Fsp3) is 1.00. The molecule has 0 aromatic heterocycles. The normalized spacial score (nSPS) is 11.5. The van der Waals surface area contributed by atoms with Gasteiger partial charge in [0.2, 0.25) is 0 Å². The second-order valence-electron chi connectivity index (χ2n) is 7.35. The van der Waals surface area contributed by atoms with Crippen molar-refractivity contribution in [3.05, 3.63) is 0 Å². The van der Waals surface area contributed by atoms with Crippen LogP contribution in [0.1, 0.15) is 116 Å². The van der Waals surface area contributed by atoms with Gasteiger partial charge in [0.15, 0.2) is 0 Å². The molecule has 0 bridgehead atoms. The van der Waals surface area contributed by atoms with Crippen molar-refractivity contribution in [2.24, 2.45) is 0 Å². The van der Waals surface area contributed by atoms with Crippen LogP contribution in [0.5, 0.6) is 0 Å². The molecule has 0 saturated carbocycles. The Bertz CT molecular complexity index is 361. The van der Waals surface area contributed by atoms with Crippen LogP contribution in [0.15, 0.2) is 0 Å². The Morgan fingerprint density at radius 3 is 0.962 bits per heavy atom. The van der Waals surface area contributed by atoms with Crippen molar-refractivity contribution in [2.45, 2.75) is 116 Å². The first-order valence-corrected chi connectivity index (χ1v) is 12.2. The number of rotatable bonds is 20. The zero-order valence-electron chi connectivity index (χ0n) is 17.2. The van der Waals surface area contributed by atoms with Crippen molar-refractivity contribution in [2.75, 3.05) is 12.4 Å². The maximum absolute atomic E-state index is 10.5. The third-order valence-electron chi connectivity index (χ3n) is 4.80. The molecule has 0 atom stereocenters. The average molecular weight is 417 g/mol. The van der Waals surface area contributed by atoms with Crippen LogP contribution in [0.3, 0.4) is 0 Å². The Balaban J connectivity index is 0. The zero-order valence-corrected chi connectivity index (χ0v) is 21.2. The number of aliphatic hydroxyl groups is 1. The minimum atomic E-state index is -4.01. The molecule has 0 aromatic carbocycles. The fourth-order valence-corrected chi connectivity index (χ4v) is 3.78. The third-order valence-corrected chi connectivity index (χ3v) is 5.59. The first-order valence-electron chi connectivity index (χ1n) is 10.6. The van der Waals surface area contributed by atoms with Crippen LogP contribution in [-0.4, -0.2) is 30.4 Å². The molecule has 1 N–H and O–H groups in total. The molecule has 152 valence electrons. The molecular formula is C20H41KO4S. The third kappa shape index (κ3) is 27.7. The van der Waals surface area contributed by atoms with Gasteiger partial charge in [0.1, 0.15) is 0 Å². The van der Waals surface area contributed by atoms with Crippen molar-refractivity contribution in [1.29, 1.82) is 0 Å². The number of unbranched alkanes of at least 4 members (excludes halogenated alkanes) is 17. The van der Waals surface area contributed by atoms with Crippen LogP contribution in [0.25, 0.3) is 0 Å². The largest absolute Gasteiger partial charge is 1.00 e. The van der Waals surface area contributed by atoms with Crippen molar-refractivity contribution in [3.63, 3.8) is 0 Å². The van der Waals surface area contributed by atoms with Gasteiger partial charge in [-0.05, 0) is 12.8 Å². The summed E-state index contributed by atoms with van der Waals surface area (Å²) in [6.07, 6.45) is 21.7. The van der Waals surface area contributed by atoms with E-state index in [9.17, 15) is 13.0 Å². The molecule has 0 amide bonds. The molecule has 0 aliphatic carbocycles. The van der Waals surface area contributed by atoms with E-state index in [0.29, 0.717) is 13.0 Å². The second kappa shape index (κ2) is 22.8. The molecule has 0 aliphatic rings. The minimum Gasteiger partial charge on any atom is -0.748 e. The van der Waals surface area contributed by atoms with Gasteiger partial charge in [0.05, 0.1) is 10.1 Å². The van der Waals surface area contributed by atoms with Crippen LogP contribution in [0.2, 0.25) is 0 Å². The first-order chi connectivity index (χ1) is 12.1. The quantitative estimate of drug-likeness (QED) is 0.188. The molecule has 26 heavy (non-hydrogen) atoms. The Kier molecular flexibility index (Phi) is 26.0. The van der Waals surface area contributed by atoms with Crippen LogP contribution in [-0.2, 0) is 10.1 Å². The molecule has 0 radical (unpaired) electrons. The molecule has 4 nitrogen and oxygen atoms in total. The van der Waals surface area contributed by atoms with Crippen LogP contribution in [0.4, 0.5) is 0 Å². The molecule has 0 heterocycles. The first kappa shape index (κ1) is 29.7. The number of hydrogen-bond acceptors (Lipinski definition) is 4. The average Bonchev–Trinajstić information content (AvgIpc) is 2.56. The summed E-state index contributed by atoms with van der Waals surface area (Å²) >= 11 is 0. The van der Waals surface area contributed by atoms with E-state index in [-0.39, 0.29) is 57.1 Å². The van der Waals surface area contributed by atoms with Crippen molar-refractivity contribution >= 4 is 10.1 Å². The van der Waals surface area contributed by atoms with Gasteiger partial charge in [-0.15, -0.1) is 0 Å².